The van der Waals surface area contributed by atoms with E-state index in [-0.39, 0.29) is 6.29 Å². The van der Waals surface area contributed by atoms with Gasteiger partial charge in [-0.2, -0.15) is 0 Å². The van der Waals surface area contributed by atoms with E-state index < -0.39 is 0 Å². The summed E-state index contributed by atoms with van der Waals surface area (Å²) in [7, 11) is 0. The van der Waals surface area contributed by atoms with E-state index in [9.17, 15) is 0 Å². The van der Waals surface area contributed by atoms with Crippen LogP contribution in [0.25, 0.3) is 0 Å². The molecule has 1 aliphatic heterocycles. The second-order valence-electron chi connectivity index (χ2n) is 7.17. The van der Waals surface area contributed by atoms with Crippen LogP contribution in [-0.2, 0) is 9.47 Å². The average Bonchev–Trinajstić information content (AvgIpc) is 2.61. The third-order valence-corrected chi connectivity index (χ3v) is 4.80. The molecule has 2 heteroatoms. The Labute approximate surface area is 151 Å². The Morgan fingerprint density at radius 2 is 1.88 bits per heavy atom. The lowest BCUT2D eigenvalue weighted by atomic mass is 10.1. The molecule has 1 aliphatic rings. The topological polar surface area (TPSA) is 18.5 Å². The summed E-state index contributed by atoms with van der Waals surface area (Å²) < 4.78 is 12.0. The van der Waals surface area contributed by atoms with Gasteiger partial charge in [0.05, 0.1) is 6.10 Å². The lowest BCUT2D eigenvalue weighted by Gasteiger charge is -2.27. The van der Waals surface area contributed by atoms with Crippen LogP contribution in [0.4, 0.5) is 0 Å². The molecule has 24 heavy (non-hydrogen) atoms. The van der Waals surface area contributed by atoms with Gasteiger partial charge in [0.2, 0.25) is 0 Å². The Hall–Kier alpha value is -0.340. The van der Waals surface area contributed by atoms with Gasteiger partial charge in [-0.3, -0.25) is 0 Å². The smallest absolute Gasteiger partial charge is 0.157 e. The van der Waals surface area contributed by atoms with Gasteiger partial charge >= 0.3 is 0 Å². The van der Waals surface area contributed by atoms with Gasteiger partial charge in [0.25, 0.3) is 0 Å². The predicted octanol–water partition coefficient (Wildman–Crippen LogP) is 6.99. The van der Waals surface area contributed by atoms with Crippen LogP contribution in [0.3, 0.4) is 0 Å². The number of hydrogen-bond donors (Lipinski definition) is 0. The zero-order valence-electron chi connectivity index (χ0n) is 16.1. The van der Waals surface area contributed by atoms with E-state index in [1.54, 1.807) is 0 Å². The summed E-state index contributed by atoms with van der Waals surface area (Å²) in [5.74, 6) is 0. The zero-order valence-corrected chi connectivity index (χ0v) is 16.1. The van der Waals surface area contributed by atoms with Crippen LogP contribution in [-0.4, -0.2) is 19.0 Å². The molecule has 0 aromatic carbocycles. The van der Waals surface area contributed by atoms with Crippen molar-refractivity contribution < 1.29 is 9.47 Å². The minimum atomic E-state index is 0.0472. The monoisotopic (exact) mass is 337 g/mol. The third-order valence-electron chi connectivity index (χ3n) is 4.80. The van der Waals surface area contributed by atoms with Gasteiger partial charge < -0.3 is 9.47 Å². The predicted molar refractivity (Wildman–Crippen MR) is 104 cm³/mol. The highest BCUT2D eigenvalue weighted by atomic mass is 16.7. The normalized spacial score (nSPS) is 19.8. The Balaban J connectivity index is 2.20. The second kappa shape index (κ2) is 16.1. The Kier molecular flexibility index (Phi) is 14.6. The van der Waals surface area contributed by atoms with Gasteiger partial charge in [0.15, 0.2) is 6.29 Å². The Morgan fingerprint density at radius 3 is 2.62 bits per heavy atom. The van der Waals surface area contributed by atoms with Crippen LogP contribution >= 0.6 is 0 Å². The van der Waals surface area contributed by atoms with Crippen molar-refractivity contribution in [3.63, 3.8) is 0 Å². The maximum Gasteiger partial charge on any atom is 0.157 e. The van der Waals surface area contributed by atoms with E-state index in [4.69, 9.17) is 9.47 Å². The lowest BCUT2D eigenvalue weighted by Crippen LogP contribution is -2.27. The van der Waals surface area contributed by atoms with Crippen LogP contribution in [0.1, 0.15) is 103 Å². The van der Waals surface area contributed by atoms with E-state index in [0.717, 1.165) is 25.9 Å². The van der Waals surface area contributed by atoms with Crippen molar-refractivity contribution in [3.8, 4) is 0 Å². The number of hydrogen-bond acceptors (Lipinski definition) is 2. The molecular weight excluding hydrogens is 296 g/mol. The highest BCUT2D eigenvalue weighted by Crippen LogP contribution is 2.20. The molecule has 0 aromatic rings. The molecule has 1 fully saturated rings. The molecule has 2 atom stereocenters. The molecule has 1 unspecified atom stereocenters. The van der Waals surface area contributed by atoms with Gasteiger partial charge in [-0.15, -0.1) is 0 Å². The molecule has 0 saturated carbocycles. The molecular formula is C22H41O2. The summed E-state index contributed by atoms with van der Waals surface area (Å²) in [5, 5.41) is 0. The van der Waals surface area contributed by atoms with Gasteiger partial charge in [0.1, 0.15) is 0 Å². The maximum atomic E-state index is 6.25. The first kappa shape index (κ1) is 21.7. The number of unbranched alkanes of at least 4 members (excludes halogenated alkanes) is 8. The molecule has 141 valence electrons. The van der Waals surface area contributed by atoms with Gasteiger partial charge in [0, 0.05) is 6.61 Å². The fourth-order valence-electron chi connectivity index (χ4n) is 3.23. The molecule has 1 saturated heterocycles. The fraction of sp³-hybridized carbons (Fsp3) is 0.864. The van der Waals surface area contributed by atoms with Crippen molar-refractivity contribution in [1.82, 2.24) is 0 Å². The first-order chi connectivity index (χ1) is 11.9. The summed E-state index contributed by atoms with van der Waals surface area (Å²) in [5.41, 5.74) is 0. The van der Waals surface area contributed by atoms with Crippen molar-refractivity contribution >= 4 is 0 Å². The largest absolute Gasteiger partial charge is 0.353 e. The highest BCUT2D eigenvalue weighted by molar-refractivity contribution is 4.85. The molecule has 1 heterocycles. The number of rotatable bonds is 15. The minimum Gasteiger partial charge on any atom is -0.353 e. The molecule has 0 aliphatic carbocycles. The van der Waals surface area contributed by atoms with E-state index in [1.807, 2.05) is 0 Å². The molecule has 2 nitrogen and oxygen atoms in total. The van der Waals surface area contributed by atoms with E-state index in [2.05, 4.69) is 26.0 Å². The molecule has 0 N–H and O–H groups in total. The second-order valence-corrected chi connectivity index (χ2v) is 7.17. The lowest BCUT2D eigenvalue weighted by molar-refractivity contribution is -0.188. The summed E-state index contributed by atoms with van der Waals surface area (Å²) in [4.78, 5) is 0. The molecule has 0 amide bonds. The van der Waals surface area contributed by atoms with Crippen molar-refractivity contribution in [2.45, 2.75) is 116 Å². The molecule has 1 radical (unpaired) electrons. The van der Waals surface area contributed by atoms with Crippen LogP contribution < -0.4 is 0 Å². The van der Waals surface area contributed by atoms with Gasteiger partial charge in [-0.25, -0.2) is 0 Å². The first-order valence-electron chi connectivity index (χ1n) is 10.6. The summed E-state index contributed by atoms with van der Waals surface area (Å²) in [6.45, 7) is 7.04. The maximum absolute atomic E-state index is 6.25. The Bertz CT molecular complexity index is 282. The standard InChI is InChI=1S/C22H41O2/c1-3-5-7-9-10-11-12-14-18-21(17-13-8-6-4-2)24-22-19-15-16-20-23-22/h12,14,21-22H,1,3-11,13,15-20H2,2H3/b14-12-/t21?,22-/m1/s1. The van der Waals surface area contributed by atoms with Crippen molar-refractivity contribution in [2.24, 2.45) is 0 Å². The molecule has 0 aromatic heterocycles. The van der Waals surface area contributed by atoms with Crippen LogP contribution in [0.2, 0.25) is 0 Å². The van der Waals surface area contributed by atoms with Crippen molar-refractivity contribution in [1.29, 1.82) is 0 Å². The first-order valence-corrected chi connectivity index (χ1v) is 10.6. The number of allylic oxidation sites excluding steroid dienone is 1. The third kappa shape index (κ3) is 12.1. The quantitative estimate of drug-likeness (QED) is 0.237. The minimum absolute atomic E-state index is 0.0472. The highest BCUT2D eigenvalue weighted by Gasteiger charge is 2.18. The van der Waals surface area contributed by atoms with E-state index >= 15 is 0 Å². The van der Waals surface area contributed by atoms with E-state index in [1.165, 1.54) is 77.0 Å². The SMILES string of the molecule is [CH2]CCCCCC/C=C\CC(CCCCCC)O[C@@H]1CCCCO1. The summed E-state index contributed by atoms with van der Waals surface area (Å²) >= 11 is 0. The number of ether oxygens (including phenoxy) is 2. The van der Waals surface area contributed by atoms with Gasteiger partial charge in [-0.05, 0) is 44.9 Å². The Morgan fingerprint density at radius 1 is 1.04 bits per heavy atom. The van der Waals surface area contributed by atoms with Crippen LogP contribution in [0, 0.1) is 6.92 Å². The summed E-state index contributed by atoms with van der Waals surface area (Å²) in [6.07, 6.45) is 23.6. The van der Waals surface area contributed by atoms with Crippen LogP contribution in [0.15, 0.2) is 12.2 Å². The van der Waals surface area contributed by atoms with Crippen molar-refractivity contribution in [2.75, 3.05) is 6.61 Å². The zero-order chi connectivity index (χ0) is 17.3. The summed E-state index contributed by atoms with van der Waals surface area (Å²) in [6, 6.07) is 0. The average molecular weight is 338 g/mol. The molecule has 0 bridgehead atoms. The van der Waals surface area contributed by atoms with Gasteiger partial charge in [-0.1, -0.05) is 77.4 Å². The van der Waals surface area contributed by atoms with E-state index in [0.29, 0.717) is 6.10 Å². The fourth-order valence-corrected chi connectivity index (χ4v) is 3.23. The van der Waals surface area contributed by atoms with Crippen molar-refractivity contribution in [3.05, 3.63) is 19.1 Å². The molecule has 1 rings (SSSR count). The molecule has 0 spiro atoms. The van der Waals surface area contributed by atoms with Crippen LogP contribution in [0.5, 0.6) is 0 Å².